The Morgan fingerprint density at radius 2 is 2.00 bits per heavy atom. The zero-order chi connectivity index (χ0) is 12.3. The molecule has 1 aliphatic rings. The summed E-state index contributed by atoms with van der Waals surface area (Å²) in [5.41, 5.74) is 5.47. The molecule has 0 aromatic heterocycles. The number of amidine groups is 1. The highest BCUT2D eigenvalue weighted by atomic mass is 19.1. The van der Waals surface area contributed by atoms with E-state index in [0.717, 1.165) is 25.7 Å². The largest absolute Gasteiger partial charge is 0.490 e. The average Bonchev–Trinajstić information content (AvgIpc) is 2.30. The van der Waals surface area contributed by atoms with Gasteiger partial charge in [-0.1, -0.05) is 12.5 Å². The molecule has 1 aliphatic carbocycles. The molecule has 0 bridgehead atoms. The molecule has 92 valence electrons. The number of hydrogen-bond donors (Lipinski definition) is 2. The van der Waals surface area contributed by atoms with E-state index < -0.39 is 5.82 Å². The van der Waals surface area contributed by atoms with Crippen molar-refractivity contribution in [2.24, 2.45) is 5.73 Å². The van der Waals surface area contributed by atoms with Crippen LogP contribution >= 0.6 is 0 Å². The molecule has 1 saturated carbocycles. The van der Waals surface area contributed by atoms with Crippen molar-refractivity contribution in [3.05, 3.63) is 29.6 Å². The summed E-state index contributed by atoms with van der Waals surface area (Å²) >= 11 is 0. The number of rotatable bonds is 3. The van der Waals surface area contributed by atoms with Gasteiger partial charge in [-0.15, -0.1) is 0 Å². The lowest BCUT2D eigenvalue weighted by Crippen LogP contribution is -2.22. The van der Waals surface area contributed by atoms with Crippen molar-refractivity contribution >= 4 is 5.84 Å². The molecule has 0 heterocycles. The molecule has 1 fully saturated rings. The number of benzene rings is 1. The van der Waals surface area contributed by atoms with Crippen LogP contribution in [0.3, 0.4) is 0 Å². The summed E-state index contributed by atoms with van der Waals surface area (Å²) in [5, 5.41) is 7.39. The Morgan fingerprint density at radius 1 is 1.29 bits per heavy atom. The highest BCUT2D eigenvalue weighted by molar-refractivity contribution is 5.97. The van der Waals surface area contributed by atoms with E-state index in [9.17, 15) is 4.39 Å². The minimum absolute atomic E-state index is 0.0815. The van der Waals surface area contributed by atoms with Crippen molar-refractivity contribution in [3.63, 3.8) is 0 Å². The summed E-state index contributed by atoms with van der Waals surface area (Å²) in [6, 6.07) is 4.55. The maximum Gasteiger partial charge on any atom is 0.137 e. The highest BCUT2D eigenvalue weighted by Crippen LogP contribution is 2.27. The molecule has 1 aromatic carbocycles. The summed E-state index contributed by atoms with van der Waals surface area (Å²) in [4.78, 5) is 0. The lowest BCUT2D eigenvalue weighted by molar-refractivity contribution is 0.154. The van der Waals surface area contributed by atoms with Gasteiger partial charge in [0.2, 0.25) is 0 Å². The lowest BCUT2D eigenvalue weighted by Gasteiger charge is -2.24. The van der Waals surface area contributed by atoms with Crippen molar-refractivity contribution in [1.82, 2.24) is 0 Å². The molecule has 0 spiro atoms. The van der Waals surface area contributed by atoms with Gasteiger partial charge in [-0.2, -0.15) is 0 Å². The summed E-state index contributed by atoms with van der Waals surface area (Å²) in [7, 11) is 0. The number of nitrogens with two attached hydrogens (primary N) is 1. The number of hydrogen-bond acceptors (Lipinski definition) is 2. The van der Waals surface area contributed by atoms with Gasteiger partial charge < -0.3 is 10.5 Å². The molecule has 0 atom stereocenters. The Hall–Kier alpha value is -1.58. The Kier molecular flexibility index (Phi) is 3.61. The minimum Gasteiger partial charge on any atom is -0.490 e. The Balaban J connectivity index is 2.19. The molecule has 0 saturated heterocycles. The van der Waals surface area contributed by atoms with E-state index in [1.807, 2.05) is 0 Å². The molecule has 3 N–H and O–H groups in total. The summed E-state index contributed by atoms with van der Waals surface area (Å²) < 4.78 is 19.3. The van der Waals surface area contributed by atoms with E-state index in [0.29, 0.717) is 5.75 Å². The third-order valence-corrected chi connectivity index (χ3v) is 3.09. The molecule has 17 heavy (non-hydrogen) atoms. The summed E-state index contributed by atoms with van der Waals surface area (Å²) in [6.07, 6.45) is 5.65. The third-order valence-electron chi connectivity index (χ3n) is 3.09. The fourth-order valence-corrected chi connectivity index (χ4v) is 2.23. The van der Waals surface area contributed by atoms with Crippen LogP contribution in [0.4, 0.5) is 4.39 Å². The van der Waals surface area contributed by atoms with Crippen LogP contribution in [0, 0.1) is 11.2 Å². The van der Waals surface area contributed by atoms with Crippen molar-refractivity contribution < 1.29 is 9.13 Å². The van der Waals surface area contributed by atoms with E-state index in [1.54, 1.807) is 12.1 Å². The van der Waals surface area contributed by atoms with Gasteiger partial charge in [0.05, 0.1) is 11.7 Å². The van der Waals surface area contributed by atoms with Crippen LogP contribution in [-0.2, 0) is 0 Å². The molecule has 0 unspecified atom stereocenters. The topological polar surface area (TPSA) is 59.1 Å². The van der Waals surface area contributed by atoms with Gasteiger partial charge >= 0.3 is 0 Å². The third kappa shape index (κ3) is 2.75. The van der Waals surface area contributed by atoms with E-state index in [4.69, 9.17) is 15.9 Å². The predicted octanol–water partition coefficient (Wildman–Crippen LogP) is 2.82. The van der Waals surface area contributed by atoms with Gasteiger partial charge in [0.25, 0.3) is 0 Å². The molecule has 0 radical (unpaired) electrons. The molecule has 3 nitrogen and oxygen atoms in total. The van der Waals surface area contributed by atoms with Crippen LogP contribution < -0.4 is 10.5 Å². The van der Waals surface area contributed by atoms with Crippen LogP contribution in [0.15, 0.2) is 18.2 Å². The van der Waals surface area contributed by atoms with E-state index in [-0.39, 0.29) is 17.5 Å². The zero-order valence-corrected chi connectivity index (χ0v) is 9.71. The first-order valence-corrected chi connectivity index (χ1v) is 5.98. The van der Waals surface area contributed by atoms with E-state index in [2.05, 4.69) is 0 Å². The van der Waals surface area contributed by atoms with Gasteiger partial charge in [0.1, 0.15) is 17.4 Å². The SMILES string of the molecule is N=C(N)c1c(F)cccc1OC1CCCCC1. The minimum atomic E-state index is -0.495. The Morgan fingerprint density at radius 3 is 2.65 bits per heavy atom. The number of ether oxygens (including phenoxy) is 1. The maximum absolute atomic E-state index is 13.6. The number of nitrogen functional groups attached to an aromatic ring is 1. The second-order valence-electron chi connectivity index (χ2n) is 4.40. The normalized spacial score (nSPS) is 16.8. The average molecular weight is 236 g/mol. The molecular weight excluding hydrogens is 219 g/mol. The first-order chi connectivity index (χ1) is 8.18. The zero-order valence-electron chi connectivity index (χ0n) is 9.71. The number of nitrogens with one attached hydrogen (secondary N) is 1. The number of halogens is 1. The van der Waals surface area contributed by atoms with Crippen molar-refractivity contribution in [2.75, 3.05) is 0 Å². The highest BCUT2D eigenvalue weighted by Gasteiger charge is 2.19. The van der Waals surface area contributed by atoms with Gasteiger partial charge in [-0.25, -0.2) is 4.39 Å². The second-order valence-corrected chi connectivity index (χ2v) is 4.40. The molecule has 0 amide bonds. The lowest BCUT2D eigenvalue weighted by atomic mass is 9.97. The monoisotopic (exact) mass is 236 g/mol. The van der Waals surface area contributed by atoms with Gasteiger partial charge in [0, 0.05) is 0 Å². The summed E-state index contributed by atoms with van der Waals surface area (Å²) in [6.45, 7) is 0. The molecular formula is C13H17FN2O. The first kappa shape index (κ1) is 11.9. The first-order valence-electron chi connectivity index (χ1n) is 5.98. The molecule has 4 heteroatoms. The van der Waals surface area contributed by atoms with Crippen LogP contribution in [0.2, 0.25) is 0 Å². The fraction of sp³-hybridized carbons (Fsp3) is 0.462. The van der Waals surface area contributed by atoms with E-state index >= 15 is 0 Å². The van der Waals surface area contributed by atoms with Gasteiger partial charge in [-0.05, 0) is 37.8 Å². The fourth-order valence-electron chi connectivity index (χ4n) is 2.23. The van der Waals surface area contributed by atoms with Crippen LogP contribution in [0.25, 0.3) is 0 Å². The van der Waals surface area contributed by atoms with Crippen molar-refractivity contribution in [1.29, 1.82) is 5.41 Å². The molecule has 1 aromatic rings. The van der Waals surface area contributed by atoms with Crippen LogP contribution in [0.5, 0.6) is 5.75 Å². The predicted molar refractivity (Wildman–Crippen MR) is 64.9 cm³/mol. The quantitative estimate of drug-likeness (QED) is 0.626. The van der Waals surface area contributed by atoms with Crippen LogP contribution in [-0.4, -0.2) is 11.9 Å². The Labute approximate surface area is 100 Å². The van der Waals surface area contributed by atoms with Crippen LogP contribution in [0.1, 0.15) is 37.7 Å². The maximum atomic E-state index is 13.6. The Bertz CT molecular complexity index is 414. The molecule has 0 aliphatic heterocycles. The second kappa shape index (κ2) is 5.17. The van der Waals surface area contributed by atoms with Crippen molar-refractivity contribution in [3.8, 4) is 5.75 Å². The molecule has 2 rings (SSSR count). The van der Waals surface area contributed by atoms with Crippen molar-refractivity contribution in [2.45, 2.75) is 38.2 Å². The smallest absolute Gasteiger partial charge is 0.137 e. The van der Waals surface area contributed by atoms with Gasteiger partial charge in [-0.3, -0.25) is 5.41 Å². The standard InChI is InChI=1S/C13H17FN2O/c14-10-7-4-8-11(12(10)13(15)16)17-9-5-2-1-3-6-9/h4,7-9H,1-3,5-6H2,(H3,15,16). The summed E-state index contributed by atoms with van der Waals surface area (Å²) in [5.74, 6) is -0.385. The van der Waals surface area contributed by atoms with Gasteiger partial charge in [0.15, 0.2) is 0 Å². The van der Waals surface area contributed by atoms with E-state index in [1.165, 1.54) is 12.5 Å².